The summed E-state index contributed by atoms with van der Waals surface area (Å²) in [6.45, 7) is 3.35. The lowest BCUT2D eigenvalue weighted by molar-refractivity contribution is -0.116. The molecular formula is C29H28N6O2. The Hall–Kier alpha value is -4.43. The van der Waals surface area contributed by atoms with Crippen molar-refractivity contribution in [2.45, 2.75) is 12.5 Å². The third-order valence-electron chi connectivity index (χ3n) is 6.69. The molecule has 2 aliphatic heterocycles. The van der Waals surface area contributed by atoms with Gasteiger partial charge in [-0.05, 0) is 54.1 Å². The van der Waals surface area contributed by atoms with Crippen LogP contribution < -0.4 is 20.9 Å². The molecule has 37 heavy (non-hydrogen) atoms. The van der Waals surface area contributed by atoms with Crippen molar-refractivity contribution in [1.29, 1.82) is 0 Å². The normalized spacial score (nSPS) is 16.5. The Balaban J connectivity index is 1.08. The first kappa shape index (κ1) is 23.0. The van der Waals surface area contributed by atoms with Crippen LogP contribution in [-0.2, 0) is 16.0 Å². The van der Waals surface area contributed by atoms with Crippen LogP contribution >= 0.6 is 0 Å². The number of para-hydroxylation sites is 1. The van der Waals surface area contributed by atoms with E-state index >= 15 is 0 Å². The summed E-state index contributed by atoms with van der Waals surface area (Å²) < 4.78 is 5.44. The number of fused-ring (bicyclic) bond motifs is 1. The lowest BCUT2D eigenvalue weighted by atomic mass is 10.1. The molecule has 8 heteroatoms. The van der Waals surface area contributed by atoms with Crippen LogP contribution in [0.2, 0.25) is 0 Å². The number of hydrogen-bond acceptors (Lipinski definition) is 7. The van der Waals surface area contributed by atoms with Gasteiger partial charge in [0.15, 0.2) is 0 Å². The molecule has 0 radical (unpaired) electrons. The topological polar surface area (TPSA) is 91.4 Å². The van der Waals surface area contributed by atoms with Gasteiger partial charge in [0.2, 0.25) is 11.9 Å². The van der Waals surface area contributed by atoms with Crippen LogP contribution in [0.25, 0.3) is 11.3 Å². The van der Waals surface area contributed by atoms with Gasteiger partial charge in [-0.15, -0.1) is 0 Å². The molecule has 0 aliphatic carbocycles. The van der Waals surface area contributed by atoms with Crippen molar-refractivity contribution in [2.75, 3.05) is 47.2 Å². The summed E-state index contributed by atoms with van der Waals surface area (Å²) in [5.74, 6) is 0.484. The van der Waals surface area contributed by atoms with Crippen molar-refractivity contribution in [2.24, 2.45) is 0 Å². The summed E-state index contributed by atoms with van der Waals surface area (Å²) in [6.07, 6.45) is 2.43. The third kappa shape index (κ3) is 5.24. The van der Waals surface area contributed by atoms with E-state index in [0.717, 1.165) is 54.6 Å². The SMILES string of the molecule is O=C(Nc1ccc(-c2ccnc(Nc3ccc(N4CCOCC4)cc3)n2)cc1)[C@@H]1Cc2ccccc2N1. The molecule has 186 valence electrons. The van der Waals surface area contributed by atoms with Crippen LogP contribution in [0.4, 0.5) is 28.7 Å². The maximum absolute atomic E-state index is 12.8. The van der Waals surface area contributed by atoms with Gasteiger partial charge >= 0.3 is 0 Å². The molecule has 2 aliphatic rings. The van der Waals surface area contributed by atoms with Crippen molar-refractivity contribution < 1.29 is 9.53 Å². The number of anilines is 5. The van der Waals surface area contributed by atoms with Gasteiger partial charge in [-0.1, -0.05) is 30.3 Å². The van der Waals surface area contributed by atoms with Crippen molar-refractivity contribution >= 4 is 34.6 Å². The molecule has 1 fully saturated rings. The van der Waals surface area contributed by atoms with E-state index in [9.17, 15) is 4.79 Å². The molecule has 3 heterocycles. The highest BCUT2D eigenvalue weighted by Gasteiger charge is 2.26. The summed E-state index contributed by atoms with van der Waals surface area (Å²) >= 11 is 0. The number of amides is 1. The van der Waals surface area contributed by atoms with Crippen molar-refractivity contribution in [3.8, 4) is 11.3 Å². The number of aromatic nitrogens is 2. The highest BCUT2D eigenvalue weighted by Crippen LogP contribution is 2.27. The smallest absolute Gasteiger partial charge is 0.247 e. The molecular weight excluding hydrogens is 464 g/mol. The van der Waals surface area contributed by atoms with E-state index in [-0.39, 0.29) is 11.9 Å². The predicted molar refractivity (Wildman–Crippen MR) is 146 cm³/mol. The van der Waals surface area contributed by atoms with Crippen LogP contribution in [0.5, 0.6) is 0 Å². The van der Waals surface area contributed by atoms with Crippen molar-refractivity contribution in [3.63, 3.8) is 0 Å². The number of carbonyl (C=O) groups is 1. The summed E-state index contributed by atoms with van der Waals surface area (Å²) in [6, 6.07) is 25.6. The molecule has 1 amide bonds. The lowest BCUT2D eigenvalue weighted by Crippen LogP contribution is -2.36. The van der Waals surface area contributed by atoms with Crippen LogP contribution in [0.1, 0.15) is 5.56 Å². The lowest BCUT2D eigenvalue weighted by Gasteiger charge is -2.28. The maximum atomic E-state index is 12.8. The molecule has 6 rings (SSSR count). The standard InChI is InChI=1S/C29H28N6O2/c36-28(27-19-21-3-1-2-4-25(21)33-27)31-22-7-5-20(6-8-22)26-13-14-30-29(34-26)32-23-9-11-24(12-10-23)35-15-17-37-18-16-35/h1-14,27,33H,15-19H2,(H,31,36)(H,30,32,34)/t27-/m0/s1. The predicted octanol–water partition coefficient (Wildman–Crippen LogP) is 4.70. The summed E-state index contributed by atoms with van der Waals surface area (Å²) in [7, 11) is 0. The van der Waals surface area contributed by atoms with E-state index in [4.69, 9.17) is 4.74 Å². The highest BCUT2D eigenvalue weighted by molar-refractivity contribution is 5.98. The Bertz CT molecular complexity index is 1360. The monoisotopic (exact) mass is 492 g/mol. The minimum absolute atomic E-state index is 0.0443. The third-order valence-corrected chi connectivity index (χ3v) is 6.69. The van der Waals surface area contributed by atoms with E-state index in [1.807, 2.05) is 60.7 Å². The van der Waals surface area contributed by atoms with Gasteiger partial charge in [0.25, 0.3) is 0 Å². The van der Waals surface area contributed by atoms with Gasteiger partial charge in [-0.25, -0.2) is 9.97 Å². The summed E-state index contributed by atoms with van der Waals surface area (Å²) in [5.41, 5.74) is 6.79. The molecule has 0 spiro atoms. The Morgan fingerprint density at radius 1 is 0.919 bits per heavy atom. The largest absolute Gasteiger partial charge is 0.378 e. The molecule has 1 saturated heterocycles. The van der Waals surface area contributed by atoms with E-state index in [2.05, 4.69) is 49.0 Å². The van der Waals surface area contributed by atoms with E-state index in [0.29, 0.717) is 12.4 Å². The Labute approximate surface area is 215 Å². The summed E-state index contributed by atoms with van der Waals surface area (Å²) in [4.78, 5) is 24.1. The Morgan fingerprint density at radius 3 is 2.46 bits per heavy atom. The maximum Gasteiger partial charge on any atom is 0.247 e. The molecule has 0 unspecified atom stereocenters. The van der Waals surface area contributed by atoms with Gasteiger partial charge in [-0.2, -0.15) is 0 Å². The molecule has 0 bridgehead atoms. The number of nitrogens with one attached hydrogen (secondary N) is 3. The van der Waals surface area contributed by atoms with E-state index in [1.54, 1.807) is 6.20 Å². The minimum atomic E-state index is -0.268. The van der Waals surface area contributed by atoms with E-state index < -0.39 is 0 Å². The molecule has 1 aromatic heterocycles. The van der Waals surface area contributed by atoms with Gasteiger partial charge < -0.3 is 25.6 Å². The fourth-order valence-electron chi connectivity index (χ4n) is 4.70. The van der Waals surface area contributed by atoms with Gasteiger partial charge in [-0.3, -0.25) is 4.79 Å². The molecule has 3 N–H and O–H groups in total. The number of ether oxygens (including phenoxy) is 1. The van der Waals surface area contributed by atoms with Crippen molar-refractivity contribution in [3.05, 3.63) is 90.6 Å². The zero-order valence-corrected chi connectivity index (χ0v) is 20.4. The first-order chi connectivity index (χ1) is 18.2. The Kier molecular flexibility index (Phi) is 6.39. The quantitative estimate of drug-likeness (QED) is 0.359. The number of morpholine rings is 1. The minimum Gasteiger partial charge on any atom is -0.378 e. The van der Waals surface area contributed by atoms with Crippen molar-refractivity contribution in [1.82, 2.24) is 9.97 Å². The number of hydrogen-bond donors (Lipinski definition) is 3. The molecule has 0 saturated carbocycles. The second kappa shape index (κ2) is 10.3. The second-order valence-corrected chi connectivity index (χ2v) is 9.16. The highest BCUT2D eigenvalue weighted by atomic mass is 16.5. The summed E-state index contributed by atoms with van der Waals surface area (Å²) in [5, 5.41) is 9.60. The number of rotatable bonds is 6. The van der Waals surface area contributed by atoms with Gasteiger partial charge in [0, 0.05) is 54.0 Å². The fourth-order valence-corrected chi connectivity index (χ4v) is 4.70. The van der Waals surface area contributed by atoms with Gasteiger partial charge in [0.1, 0.15) is 6.04 Å². The molecule has 8 nitrogen and oxygen atoms in total. The van der Waals surface area contributed by atoms with Crippen LogP contribution in [-0.4, -0.2) is 48.2 Å². The van der Waals surface area contributed by atoms with Gasteiger partial charge in [0.05, 0.1) is 18.9 Å². The number of nitrogens with zero attached hydrogens (tertiary/aromatic N) is 3. The zero-order chi connectivity index (χ0) is 25.0. The van der Waals surface area contributed by atoms with Crippen LogP contribution in [0, 0.1) is 0 Å². The fraction of sp³-hybridized carbons (Fsp3) is 0.207. The van der Waals surface area contributed by atoms with Crippen LogP contribution in [0.3, 0.4) is 0 Å². The number of benzene rings is 3. The van der Waals surface area contributed by atoms with E-state index in [1.165, 1.54) is 11.3 Å². The average molecular weight is 493 g/mol. The average Bonchev–Trinajstić information content (AvgIpc) is 3.39. The zero-order valence-electron chi connectivity index (χ0n) is 20.4. The molecule has 1 atom stereocenters. The molecule has 3 aromatic carbocycles. The van der Waals surface area contributed by atoms with Crippen LogP contribution in [0.15, 0.2) is 85.1 Å². The first-order valence-electron chi connectivity index (χ1n) is 12.5. The number of carbonyl (C=O) groups excluding carboxylic acids is 1. The second-order valence-electron chi connectivity index (χ2n) is 9.16. The molecule has 4 aromatic rings. The Morgan fingerprint density at radius 2 is 1.68 bits per heavy atom. The first-order valence-corrected chi connectivity index (χ1v) is 12.5.